The summed E-state index contributed by atoms with van der Waals surface area (Å²) in [7, 11) is 0. The van der Waals surface area contributed by atoms with Gasteiger partial charge in [0.05, 0.1) is 19.0 Å². The van der Waals surface area contributed by atoms with Crippen molar-refractivity contribution in [1.29, 1.82) is 0 Å². The van der Waals surface area contributed by atoms with Gasteiger partial charge in [-0.3, -0.25) is 4.79 Å². The molecule has 0 fully saturated rings. The normalized spacial score (nSPS) is 12.7. The van der Waals surface area contributed by atoms with Gasteiger partial charge in [0.25, 0.3) is 5.91 Å². The van der Waals surface area contributed by atoms with Gasteiger partial charge in [-0.25, -0.2) is 9.97 Å². The molecule has 0 saturated carbocycles. The fourth-order valence-electron chi connectivity index (χ4n) is 1.89. The van der Waals surface area contributed by atoms with Gasteiger partial charge in [0.2, 0.25) is 0 Å². The van der Waals surface area contributed by atoms with Gasteiger partial charge in [0.1, 0.15) is 16.0 Å². The van der Waals surface area contributed by atoms with Crippen LogP contribution in [0.15, 0.2) is 35.2 Å². The number of hydrogen-bond acceptors (Lipinski definition) is 4. The molecule has 1 N–H and O–H groups in total. The average molecular weight is 320 g/mol. The standard InChI is InChI=1S/C13H10BrN3O2/c14-12-7-15-10(6-16-12)13(18)17-9-1-2-11-8(5-9)3-4-19-11/h1-2,5-7H,3-4H2,(H,17,18). The topological polar surface area (TPSA) is 64.1 Å². The number of nitrogens with zero attached hydrogens (tertiary/aromatic N) is 2. The van der Waals surface area contributed by atoms with Gasteiger partial charge >= 0.3 is 0 Å². The zero-order valence-corrected chi connectivity index (χ0v) is 11.5. The lowest BCUT2D eigenvalue weighted by Gasteiger charge is -2.06. The molecule has 96 valence electrons. The number of benzene rings is 1. The summed E-state index contributed by atoms with van der Waals surface area (Å²) in [4.78, 5) is 19.9. The smallest absolute Gasteiger partial charge is 0.275 e. The van der Waals surface area contributed by atoms with Crippen LogP contribution in [0.4, 0.5) is 5.69 Å². The summed E-state index contributed by atoms with van der Waals surface area (Å²) in [5.41, 5.74) is 2.12. The third-order valence-corrected chi connectivity index (χ3v) is 3.21. The highest BCUT2D eigenvalue weighted by molar-refractivity contribution is 9.10. The van der Waals surface area contributed by atoms with Gasteiger partial charge in [0.15, 0.2) is 0 Å². The van der Waals surface area contributed by atoms with Crippen molar-refractivity contribution in [2.24, 2.45) is 0 Å². The Morgan fingerprint density at radius 1 is 1.32 bits per heavy atom. The number of amides is 1. The van der Waals surface area contributed by atoms with Gasteiger partial charge in [-0.1, -0.05) is 0 Å². The number of rotatable bonds is 2. The maximum Gasteiger partial charge on any atom is 0.275 e. The molecular formula is C13H10BrN3O2. The number of aromatic nitrogens is 2. The van der Waals surface area contributed by atoms with Crippen LogP contribution in [0.1, 0.15) is 16.1 Å². The summed E-state index contributed by atoms with van der Waals surface area (Å²) in [6.07, 6.45) is 3.79. The summed E-state index contributed by atoms with van der Waals surface area (Å²) in [6.45, 7) is 0.699. The van der Waals surface area contributed by atoms with Gasteiger partial charge in [-0.2, -0.15) is 0 Å². The van der Waals surface area contributed by atoms with E-state index < -0.39 is 0 Å². The monoisotopic (exact) mass is 319 g/mol. The molecule has 5 nitrogen and oxygen atoms in total. The molecule has 2 heterocycles. The maximum absolute atomic E-state index is 12.0. The molecular weight excluding hydrogens is 310 g/mol. The molecule has 1 aliphatic heterocycles. The zero-order chi connectivity index (χ0) is 13.2. The SMILES string of the molecule is O=C(Nc1ccc2c(c1)CCO2)c1cnc(Br)cn1. The van der Waals surface area contributed by atoms with E-state index >= 15 is 0 Å². The summed E-state index contributed by atoms with van der Waals surface area (Å²) >= 11 is 3.18. The van der Waals surface area contributed by atoms with E-state index in [4.69, 9.17) is 4.74 Å². The van der Waals surface area contributed by atoms with Crippen LogP contribution in [0.25, 0.3) is 0 Å². The number of fused-ring (bicyclic) bond motifs is 1. The van der Waals surface area contributed by atoms with Crippen molar-refractivity contribution in [3.05, 3.63) is 46.5 Å². The molecule has 0 bridgehead atoms. The number of halogens is 1. The van der Waals surface area contributed by atoms with Gasteiger partial charge in [0, 0.05) is 12.1 Å². The fraction of sp³-hybridized carbons (Fsp3) is 0.154. The van der Waals surface area contributed by atoms with E-state index in [1.807, 2.05) is 18.2 Å². The van der Waals surface area contributed by atoms with E-state index in [-0.39, 0.29) is 11.6 Å². The molecule has 1 aromatic carbocycles. The maximum atomic E-state index is 12.0. The molecule has 1 amide bonds. The van der Waals surface area contributed by atoms with Crippen molar-refractivity contribution in [1.82, 2.24) is 9.97 Å². The highest BCUT2D eigenvalue weighted by Gasteiger charge is 2.14. The number of nitrogens with one attached hydrogen (secondary N) is 1. The first-order valence-corrected chi connectivity index (χ1v) is 6.56. The Bertz CT molecular complexity index is 628. The molecule has 0 radical (unpaired) electrons. The molecule has 19 heavy (non-hydrogen) atoms. The van der Waals surface area contributed by atoms with Crippen molar-refractivity contribution in [2.45, 2.75) is 6.42 Å². The highest BCUT2D eigenvalue weighted by atomic mass is 79.9. The van der Waals surface area contributed by atoms with Crippen LogP contribution in [-0.2, 0) is 6.42 Å². The summed E-state index contributed by atoms with van der Waals surface area (Å²) in [6, 6.07) is 5.60. The minimum Gasteiger partial charge on any atom is -0.493 e. The number of hydrogen-bond donors (Lipinski definition) is 1. The second kappa shape index (κ2) is 4.97. The number of carbonyl (C=O) groups is 1. The molecule has 1 aliphatic rings. The quantitative estimate of drug-likeness (QED) is 0.923. The Labute approximate surface area is 118 Å². The van der Waals surface area contributed by atoms with E-state index in [0.29, 0.717) is 11.2 Å². The Morgan fingerprint density at radius 3 is 3.00 bits per heavy atom. The van der Waals surface area contributed by atoms with E-state index in [0.717, 1.165) is 23.4 Å². The second-order valence-corrected chi connectivity index (χ2v) is 4.91. The molecule has 0 saturated heterocycles. The predicted octanol–water partition coefficient (Wildman–Crippen LogP) is 2.43. The average Bonchev–Trinajstić information content (AvgIpc) is 2.87. The molecule has 0 unspecified atom stereocenters. The van der Waals surface area contributed by atoms with E-state index in [1.54, 1.807) is 0 Å². The van der Waals surface area contributed by atoms with Gasteiger partial charge in [-0.05, 0) is 39.7 Å². The molecule has 1 aromatic heterocycles. The van der Waals surface area contributed by atoms with Gasteiger partial charge in [-0.15, -0.1) is 0 Å². The third kappa shape index (κ3) is 2.58. The zero-order valence-electron chi connectivity index (χ0n) is 9.89. The van der Waals surface area contributed by atoms with Crippen molar-refractivity contribution in [3.8, 4) is 5.75 Å². The number of anilines is 1. The fourth-order valence-corrected chi connectivity index (χ4v) is 2.09. The van der Waals surface area contributed by atoms with Crippen LogP contribution in [0.2, 0.25) is 0 Å². The first-order valence-electron chi connectivity index (χ1n) is 5.77. The molecule has 6 heteroatoms. The molecule has 0 aliphatic carbocycles. The van der Waals surface area contributed by atoms with Crippen LogP contribution >= 0.6 is 15.9 Å². The Hall–Kier alpha value is -1.95. The largest absolute Gasteiger partial charge is 0.493 e. The predicted molar refractivity (Wildman–Crippen MR) is 73.3 cm³/mol. The summed E-state index contributed by atoms with van der Waals surface area (Å²) < 4.78 is 6.01. The van der Waals surface area contributed by atoms with E-state index in [1.165, 1.54) is 12.4 Å². The molecule has 3 rings (SSSR count). The van der Waals surface area contributed by atoms with Crippen LogP contribution < -0.4 is 10.1 Å². The Morgan fingerprint density at radius 2 is 2.21 bits per heavy atom. The summed E-state index contributed by atoms with van der Waals surface area (Å²) in [5.74, 6) is 0.611. The van der Waals surface area contributed by atoms with Crippen LogP contribution in [0, 0.1) is 0 Å². The third-order valence-electron chi connectivity index (χ3n) is 2.80. The number of carbonyl (C=O) groups excluding carboxylic acids is 1. The molecule has 0 spiro atoms. The van der Waals surface area contributed by atoms with Crippen molar-refractivity contribution < 1.29 is 9.53 Å². The summed E-state index contributed by atoms with van der Waals surface area (Å²) in [5, 5.41) is 2.80. The van der Waals surface area contributed by atoms with E-state index in [2.05, 4.69) is 31.2 Å². The Balaban J connectivity index is 1.77. The first kappa shape index (κ1) is 12.1. The Kier molecular flexibility index (Phi) is 3.16. The van der Waals surface area contributed by atoms with Crippen molar-refractivity contribution >= 4 is 27.5 Å². The van der Waals surface area contributed by atoms with Crippen LogP contribution in [0.3, 0.4) is 0 Å². The van der Waals surface area contributed by atoms with E-state index in [9.17, 15) is 4.79 Å². The van der Waals surface area contributed by atoms with Crippen molar-refractivity contribution in [3.63, 3.8) is 0 Å². The minimum absolute atomic E-state index is 0.278. The van der Waals surface area contributed by atoms with Crippen molar-refractivity contribution in [2.75, 3.05) is 11.9 Å². The lowest BCUT2D eigenvalue weighted by atomic mass is 10.1. The van der Waals surface area contributed by atoms with Crippen LogP contribution in [0.5, 0.6) is 5.75 Å². The van der Waals surface area contributed by atoms with Crippen LogP contribution in [-0.4, -0.2) is 22.5 Å². The lowest BCUT2D eigenvalue weighted by molar-refractivity contribution is 0.102. The lowest BCUT2D eigenvalue weighted by Crippen LogP contribution is -2.14. The first-order chi connectivity index (χ1) is 9.22. The second-order valence-electron chi connectivity index (χ2n) is 4.10. The molecule has 2 aromatic rings. The minimum atomic E-state index is -0.279. The van der Waals surface area contributed by atoms with Gasteiger partial charge < -0.3 is 10.1 Å². The molecule has 0 atom stereocenters. The highest BCUT2D eigenvalue weighted by Crippen LogP contribution is 2.27. The number of ether oxygens (including phenoxy) is 1.